The number of ether oxygens (including phenoxy) is 1. The Hall–Kier alpha value is -2.78. The zero-order valence-electron chi connectivity index (χ0n) is 18.2. The van der Waals surface area contributed by atoms with Crippen molar-refractivity contribution in [3.63, 3.8) is 0 Å². The first-order valence-electron chi connectivity index (χ1n) is 10.3. The first kappa shape index (κ1) is 22.9. The van der Waals surface area contributed by atoms with Crippen LogP contribution >= 0.6 is 0 Å². The molecule has 0 aliphatic rings. The van der Waals surface area contributed by atoms with Crippen LogP contribution in [0, 0.1) is 12.8 Å². The SMILES string of the molecule is CCOC(=O)[C@H](CC(C)C)NS(=O)(=O)c1ccc(Cn2c(C)nc3cnccc32)cc1. The molecule has 0 aliphatic heterocycles. The van der Waals surface area contributed by atoms with E-state index in [1.54, 1.807) is 43.6 Å². The van der Waals surface area contributed by atoms with E-state index in [9.17, 15) is 13.2 Å². The second-order valence-corrected chi connectivity index (χ2v) is 9.52. The van der Waals surface area contributed by atoms with Crippen LogP contribution < -0.4 is 4.72 Å². The van der Waals surface area contributed by atoms with Crippen molar-refractivity contribution in [3.05, 3.63) is 54.1 Å². The van der Waals surface area contributed by atoms with Crippen LogP contribution in [0.2, 0.25) is 0 Å². The van der Waals surface area contributed by atoms with Crippen LogP contribution in [0.4, 0.5) is 0 Å². The second kappa shape index (κ2) is 9.57. The molecule has 0 unspecified atom stereocenters. The van der Waals surface area contributed by atoms with Crippen molar-refractivity contribution in [3.8, 4) is 0 Å². The molecule has 9 heteroatoms. The molecule has 0 fully saturated rings. The van der Waals surface area contributed by atoms with Gasteiger partial charge in [0.05, 0.1) is 23.2 Å². The highest BCUT2D eigenvalue weighted by molar-refractivity contribution is 7.89. The summed E-state index contributed by atoms with van der Waals surface area (Å²) in [6.45, 7) is 8.22. The van der Waals surface area contributed by atoms with Gasteiger partial charge in [0.2, 0.25) is 10.0 Å². The van der Waals surface area contributed by atoms with Gasteiger partial charge in [0, 0.05) is 12.7 Å². The van der Waals surface area contributed by atoms with Crippen LogP contribution in [0.15, 0.2) is 47.6 Å². The Morgan fingerprint density at radius 1 is 1.19 bits per heavy atom. The van der Waals surface area contributed by atoms with Crippen LogP contribution in [-0.2, 0) is 26.1 Å². The molecular formula is C22H28N4O4S. The van der Waals surface area contributed by atoms with Crippen LogP contribution in [0.1, 0.15) is 38.6 Å². The Balaban J connectivity index is 1.79. The smallest absolute Gasteiger partial charge is 0.324 e. The molecule has 0 spiro atoms. The number of hydrogen-bond acceptors (Lipinski definition) is 6. The topological polar surface area (TPSA) is 103 Å². The number of hydrogen-bond donors (Lipinski definition) is 1. The summed E-state index contributed by atoms with van der Waals surface area (Å²) in [5.74, 6) is 0.420. The van der Waals surface area contributed by atoms with Crippen LogP contribution in [0.25, 0.3) is 11.0 Å². The number of nitrogens with one attached hydrogen (secondary N) is 1. The molecule has 0 aliphatic carbocycles. The predicted octanol–water partition coefficient (Wildman–Crippen LogP) is 3.04. The Morgan fingerprint density at radius 2 is 1.90 bits per heavy atom. The lowest BCUT2D eigenvalue weighted by molar-refractivity contribution is -0.145. The molecule has 2 aromatic heterocycles. The largest absolute Gasteiger partial charge is 0.465 e. The van der Waals surface area contributed by atoms with Gasteiger partial charge in [-0.05, 0) is 49.9 Å². The van der Waals surface area contributed by atoms with Gasteiger partial charge >= 0.3 is 5.97 Å². The molecule has 0 saturated heterocycles. The summed E-state index contributed by atoms with van der Waals surface area (Å²) in [5, 5.41) is 0. The third-order valence-corrected chi connectivity index (χ3v) is 6.38. The lowest BCUT2D eigenvalue weighted by Crippen LogP contribution is -2.42. The Morgan fingerprint density at radius 3 is 2.55 bits per heavy atom. The molecule has 0 bridgehead atoms. The van der Waals surface area contributed by atoms with Crippen LogP contribution in [0.3, 0.4) is 0 Å². The van der Waals surface area contributed by atoms with E-state index in [0.717, 1.165) is 22.4 Å². The lowest BCUT2D eigenvalue weighted by Gasteiger charge is -2.19. The summed E-state index contributed by atoms with van der Waals surface area (Å²) in [7, 11) is -3.87. The average molecular weight is 445 g/mol. The van der Waals surface area contributed by atoms with Crippen molar-refractivity contribution in [2.45, 2.75) is 51.6 Å². The van der Waals surface area contributed by atoms with E-state index in [0.29, 0.717) is 13.0 Å². The van der Waals surface area contributed by atoms with E-state index in [4.69, 9.17) is 4.74 Å². The molecule has 3 aromatic rings. The standard InChI is InChI=1S/C22H28N4O4S/c1-5-30-22(27)19(12-15(2)3)25-31(28,29)18-8-6-17(7-9-18)14-26-16(4)24-20-13-23-11-10-21(20)26/h6-11,13,15,19,25H,5,12,14H2,1-4H3/t19-/m0/s1. The van der Waals surface area contributed by atoms with Gasteiger partial charge in [-0.3, -0.25) is 9.78 Å². The van der Waals surface area contributed by atoms with E-state index in [1.165, 1.54) is 0 Å². The second-order valence-electron chi connectivity index (χ2n) is 7.81. The Kier molecular flexibility index (Phi) is 7.07. The first-order valence-corrected chi connectivity index (χ1v) is 11.7. The highest BCUT2D eigenvalue weighted by Gasteiger charge is 2.27. The van der Waals surface area contributed by atoms with Crippen LogP contribution in [0.5, 0.6) is 0 Å². The number of sulfonamides is 1. The minimum absolute atomic E-state index is 0.103. The quantitative estimate of drug-likeness (QED) is 0.509. The Bertz CT molecular complexity index is 1150. The van der Waals surface area contributed by atoms with Crippen molar-refractivity contribution >= 4 is 27.0 Å². The van der Waals surface area contributed by atoms with Gasteiger partial charge < -0.3 is 9.30 Å². The molecule has 1 aromatic carbocycles. The number of nitrogens with zero attached hydrogens (tertiary/aromatic N) is 3. The molecule has 3 rings (SSSR count). The maximum absolute atomic E-state index is 12.8. The number of imidazole rings is 1. The number of aryl methyl sites for hydroxylation is 1. The summed E-state index contributed by atoms with van der Waals surface area (Å²) in [4.78, 5) is 20.9. The van der Waals surface area contributed by atoms with E-state index >= 15 is 0 Å². The first-order chi connectivity index (χ1) is 14.7. The van der Waals surface area contributed by atoms with E-state index < -0.39 is 22.0 Å². The van der Waals surface area contributed by atoms with Gasteiger partial charge in [-0.15, -0.1) is 0 Å². The van der Waals surface area contributed by atoms with Crippen molar-refractivity contribution in [1.29, 1.82) is 0 Å². The Labute approximate surface area is 182 Å². The number of carbonyl (C=O) groups excluding carboxylic acids is 1. The van der Waals surface area contributed by atoms with Crippen LogP contribution in [-0.4, -0.2) is 41.6 Å². The molecule has 2 heterocycles. The average Bonchev–Trinajstić information content (AvgIpc) is 3.03. The van der Waals surface area contributed by atoms with E-state index in [2.05, 4.69) is 19.3 Å². The monoisotopic (exact) mass is 444 g/mol. The van der Waals surface area contributed by atoms with Gasteiger partial charge in [-0.1, -0.05) is 26.0 Å². The number of pyridine rings is 1. The van der Waals surface area contributed by atoms with Crippen molar-refractivity contribution in [1.82, 2.24) is 19.3 Å². The minimum Gasteiger partial charge on any atom is -0.465 e. The molecule has 1 N–H and O–H groups in total. The third-order valence-electron chi connectivity index (χ3n) is 4.89. The van der Waals surface area contributed by atoms with Gasteiger partial charge in [0.25, 0.3) is 0 Å². The molecule has 0 saturated carbocycles. The van der Waals surface area contributed by atoms with Crippen molar-refractivity contribution < 1.29 is 17.9 Å². The number of benzene rings is 1. The fourth-order valence-electron chi connectivity index (χ4n) is 3.42. The summed E-state index contributed by atoms with van der Waals surface area (Å²) < 4.78 is 35.3. The summed E-state index contributed by atoms with van der Waals surface area (Å²) in [5.41, 5.74) is 2.72. The fourth-order valence-corrected chi connectivity index (χ4v) is 4.62. The van der Waals surface area contributed by atoms with Gasteiger partial charge in [-0.25, -0.2) is 13.4 Å². The molecule has 1 atom stereocenters. The summed E-state index contributed by atoms with van der Waals surface area (Å²) in [6.07, 6.45) is 3.80. The number of esters is 1. The summed E-state index contributed by atoms with van der Waals surface area (Å²) in [6, 6.07) is 7.61. The number of fused-ring (bicyclic) bond motifs is 1. The fraction of sp³-hybridized carbons (Fsp3) is 0.409. The molecule has 166 valence electrons. The lowest BCUT2D eigenvalue weighted by atomic mass is 10.1. The molecule has 31 heavy (non-hydrogen) atoms. The maximum Gasteiger partial charge on any atom is 0.324 e. The van der Waals surface area contributed by atoms with Gasteiger partial charge in [-0.2, -0.15) is 4.72 Å². The molecule has 0 amide bonds. The predicted molar refractivity (Wildman–Crippen MR) is 118 cm³/mol. The van der Waals surface area contributed by atoms with E-state index in [-0.39, 0.29) is 17.4 Å². The molecule has 0 radical (unpaired) electrons. The maximum atomic E-state index is 12.8. The van der Waals surface area contributed by atoms with Crippen molar-refractivity contribution in [2.24, 2.45) is 5.92 Å². The summed E-state index contributed by atoms with van der Waals surface area (Å²) >= 11 is 0. The van der Waals surface area contributed by atoms with Crippen molar-refractivity contribution in [2.75, 3.05) is 6.61 Å². The number of rotatable bonds is 9. The highest BCUT2D eigenvalue weighted by atomic mass is 32.2. The zero-order chi connectivity index (χ0) is 22.6. The molecular weight excluding hydrogens is 416 g/mol. The molecule has 8 nitrogen and oxygen atoms in total. The number of carbonyl (C=O) groups is 1. The minimum atomic E-state index is -3.87. The van der Waals surface area contributed by atoms with Gasteiger partial charge in [0.1, 0.15) is 17.4 Å². The van der Waals surface area contributed by atoms with E-state index in [1.807, 2.05) is 26.8 Å². The highest BCUT2D eigenvalue weighted by Crippen LogP contribution is 2.18. The third kappa shape index (κ3) is 5.48. The normalized spacial score (nSPS) is 12.9. The van der Waals surface area contributed by atoms with Gasteiger partial charge in [0.15, 0.2) is 0 Å². The number of aromatic nitrogens is 3. The zero-order valence-corrected chi connectivity index (χ0v) is 19.0.